The first-order valence-corrected chi connectivity index (χ1v) is 10.2. The van der Waals surface area contributed by atoms with Crippen LogP contribution in [0.3, 0.4) is 0 Å². The van der Waals surface area contributed by atoms with Crippen molar-refractivity contribution in [2.45, 2.75) is 45.4 Å². The summed E-state index contributed by atoms with van der Waals surface area (Å²) in [7, 11) is 0. The number of aryl methyl sites for hydroxylation is 1. The number of fused-ring (bicyclic) bond motifs is 1. The van der Waals surface area contributed by atoms with Gasteiger partial charge in [0.05, 0.1) is 0 Å². The summed E-state index contributed by atoms with van der Waals surface area (Å²) in [6.45, 7) is 7.94. The summed E-state index contributed by atoms with van der Waals surface area (Å²) >= 11 is 0. The van der Waals surface area contributed by atoms with E-state index in [9.17, 15) is 4.79 Å². The summed E-state index contributed by atoms with van der Waals surface area (Å²) in [5, 5.41) is 5.86. The van der Waals surface area contributed by atoms with Gasteiger partial charge in [-0.2, -0.15) is 0 Å². The maximum Gasteiger partial charge on any atom is 0.323 e. The molecule has 1 atom stereocenters. The highest BCUT2D eigenvalue weighted by Gasteiger charge is 2.24. The fourth-order valence-electron chi connectivity index (χ4n) is 4.01. The number of carbonyl (C=O) groups is 1. The summed E-state index contributed by atoms with van der Waals surface area (Å²) in [6, 6.07) is 15.7. The number of carbonyl (C=O) groups excluding carboxylic acids is 1. The van der Waals surface area contributed by atoms with E-state index in [4.69, 9.17) is 0 Å². The Morgan fingerprint density at radius 2 is 1.70 bits per heavy atom. The van der Waals surface area contributed by atoms with Crippen LogP contribution < -0.4 is 10.6 Å². The van der Waals surface area contributed by atoms with Gasteiger partial charge in [-0.1, -0.05) is 38.1 Å². The average molecular weight is 366 g/mol. The summed E-state index contributed by atoms with van der Waals surface area (Å²) in [4.78, 5) is 14.9. The normalized spacial score (nSPS) is 15.6. The van der Waals surface area contributed by atoms with E-state index < -0.39 is 0 Å². The van der Waals surface area contributed by atoms with Gasteiger partial charge in [0.1, 0.15) is 0 Å². The molecule has 0 fully saturated rings. The van der Waals surface area contributed by atoms with Gasteiger partial charge in [0.15, 0.2) is 0 Å². The Hall–Kier alpha value is -2.33. The zero-order valence-electron chi connectivity index (χ0n) is 16.5. The molecule has 2 aromatic carbocycles. The first kappa shape index (κ1) is 19.4. The van der Waals surface area contributed by atoms with E-state index in [-0.39, 0.29) is 6.03 Å². The average Bonchev–Trinajstić information content (AvgIpc) is 3.05. The molecule has 1 aliphatic carbocycles. The molecule has 2 N–H and O–H groups in total. The van der Waals surface area contributed by atoms with Crippen LogP contribution in [-0.2, 0) is 6.42 Å². The zero-order chi connectivity index (χ0) is 19.1. The molecule has 0 aliphatic heterocycles. The molecular weight excluding hydrogens is 334 g/mol. The van der Waals surface area contributed by atoms with E-state index in [2.05, 4.69) is 41.5 Å². The van der Waals surface area contributed by atoms with Crippen molar-refractivity contribution in [3.63, 3.8) is 0 Å². The van der Waals surface area contributed by atoms with Crippen LogP contribution in [0.25, 0.3) is 0 Å². The molecule has 2 aromatic rings. The molecule has 0 spiro atoms. The lowest BCUT2D eigenvalue weighted by Crippen LogP contribution is -2.29. The van der Waals surface area contributed by atoms with E-state index in [1.807, 2.05) is 36.4 Å². The second-order valence-corrected chi connectivity index (χ2v) is 7.39. The third-order valence-electron chi connectivity index (χ3n) is 5.20. The molecule has 0 bridgehead atoms. The molecule has 4 nitrogen and oxygen atoms in total. The Balaban J connectivity index is 1.65. The molecule has 0 heterocycles. The van der Waals surface area contributed by atoms with E-state index in [0.717, 1.165) is 37.4 Å². The molecule has 0 aromatic heterocycles. The van der Waals surface area contributed by atoms with Crippen LogP contribution >= 0.6 is 0 Å². The maximum atomic E-state index is 12.3. The lowest BCUT2D eigenvalue weighted by atomic mass is 9.99. The minimum Gasteiger partial charge on any atom is -0.308 e. The quantitative estimate of drug-likeness (QED) is 0.650. The van der Waals surface area contributed by atoms with Crippen LogP contribution in [0.1, 0.15) is 50.2 Å². The third-order valence-corrected chi connectivity index (χ3v) is 5.20. The molecule has 1 aliphatic rings. The first-order chi connectivity index (χ1) is 13.2. The van der Waals surface area contributed by atoms with E-state index in [1.165, 1.54) is 30.4 Å². The second-order valence-electron chi connectivity index (χ2n) is 7.39. The van der Waals surface area contributed by atoms with Crippen molar-refractivity contribution < 1.29 is 4.79 Å². The largest absolute Gasteiger partial charge is 0.323 e. The lowest BCUT2D eigenvalue weighted by molar-refractivity contribution is 0.256. The topological polar surface area (TPSA) is 44.4 Å². The van der Waals surface area contributed by atoms with Crippen molar-refractivity contribution in [2.75, 3.05) is 30.3 Å². The van der Waals surface area contributed by atoms with Crippen LogP contribution in [0.5, 0.6) is 0 Å². The van der Waals surface area contributed by atoms with Gasteiger partial charge in [0.25, 0.3) is 0 Å². The van der Waals surface area contributed by atoms with Gasteiger partial charge in [-0.25, -0.2) is 4.79 Å². The van der Waals surface area contributed by atoms with Gasteiger partial charge in [-0.15, -0.1) is 0 Å². The van der Waals surface area contributed by atoms with Crippen LogP contribution in [0.4, 0.5) is 16.2 Å². The number of anilines is 2. The highest BCUT2D eigenvalue weighted by atomic mass is 16.2. The minimum atomic E-state index is -0.200. The van der Waals surface area contributed by atoms with Gasteiger partial charge in [0.2, 0.25) is 0 Å². The smallest absolute Gasteiger partial charge is 0.308 e. The molecule has 0 saturated carbocycles. The highest BCUT2D eigenvalue weighted by molar-refractivity contribution is 5.99. The zero-order valence-corrected chi connectivity index (χ0v) is 16.5. The van der Waals surface area contributed by atoms with Gasteiger partial charge < -0.3 is 15.5 Å². The molecule has 2 amide bonds. The standard InChI is InChI=1S/C23H31N3O/c1-3-14-26(15-4-2)17-19-11-10-18-12-13-21(16-22(18)19)25-23(27)24-20-8-6-5-7-9-20/h5-9,12-13,16,19H,3-4,10-11,14-15,17H2,1-2H3,(H2,24,25,27). The number of urea groups is 1. The number of rotatable bonds is 8. The van der Waals surface area contributed by atoms with Crippen LogP contribution in [-0.4, -0.2) is 30.6 Å². The Morgan fingerprint density at radius 3 is 2.41 bits per heavy atom. The molecule has 1 unspecified atom stereocenters. The molecule has 3 rings (SSSR count). The number of benzene rings is 2. The van der Waals surface area contributed by atoms with Gasteiger partial charge in [-0.3, -0.25) is 0 Å². The maximum absolute atomic E-state index is 12.3. The lowest BCUT2D eigenvalue weighted by Gasteiger charge is -2.25. The van der Waals surface area contributed by atoms with Crippen molar-refractivity contribution >= 4 is 17.4 Å². The number of amides is 2. The molecule has 0 radical (unpaired) electrons. The fourth-order valence-corrected chi connectivity index (χ4v) is 4.01. The van der Waals surface area contributed by atoms with Gasteiger partial charge in [0, 0.05) is 17.9 Å². The Labute approximate surface area is 163 Å². The summed E-state index contributed by atoms with van der Waals surface area (Å²) in [6.07, 6.45) is 4.74. The molecule has 0 saturated heterocycles. The highest BCUT2D eigenvalue weighted by Crippen LogP contribution is 2.35. The van der Waals surface area contributed by atoms with Crippen molar-refractivity contribution in [1.82, 2.24) is 4.90 Å². The minimum absolute atomic E-state index is 0.200. The van der Waals surface area contributed by atoms with Crippen LogP contribution in [0.2, 0.25) is 0 Å². The van der Waals surface area contributed by atoms with Crippen molar-refractivity contribution in [3.05, 3.63) is 59.7 Å². The molecule has 27 heavy (non-hydrogen) atoms. The Morgan fingerprint density at radius 1 is 1.00 bits per heavy atom. The monoisotopic (exact) mass is 365 g/mol. The Kier molecular flexibility index (Phi) is 6.88. The number of hydrogen-bond donors (Lipinski definition) is 2. The van der Waals surface area contributed by atoms with E-state index >= 15 is 0 Å². The van der Waals surface area contributed by atoms with Crippen molar-refractivity contribution in [2.24, 2.45) is 0 Å². The van der Waals surface area contributed by atoms with E-state index in [0.29, 0.717) is 5.92 Å². The number of nitrogens with one attached hydrogen (secondary N) is 2. The summed E-state index contributed by atoms with van der Waals surface area (Å²) < 4.78 is 0. The SMILES string of the molecule is CCCN(CCC)CC1CCc2ccc(NC(=O)Nc3ccccc3)cc21. The molecule has 144 valence electrons. The van der Waals surface area contributed by atoms with Crippen molar-refractivity contribution in [3.8, 4) is 0 Å². The predicted molar refractivity (Wildman–Crippen MR) is 114 cm³/mol. The third kappa shape index (κ3) is 5.33. The summed E-state index contributed by atoms with van der Waals surface area (Å²) in [5.74, 6) is 0.567. The Bertz CT molecular complexity index is 739. The van der Waals surface area contributed by atoms with Gasteiger partial charge >= 0.3 is 6.03 Å². The number of hydrogen-bond acceptors (Lipinski definition) is 2. The van der Waals surface area contributed by atoms with Gasteiger partial charge in [-0.05, 0) is 80.1 Å². The molecule has 4 heteroatoms. The van der Waals surface area contributed by atoms with Crippen LogP contribution in [0, 0.1) is 0 Å². The first-order valence-electron chi connectivity index (χ1n) is 10.2. The second kappa shape index (κ2) is 9.56. The van der Waals surface area contributed by atoms with Crippen LogP contribution in [0.15, 0.2) is 48.5 Å². The predicted octanol–water partition coefficient (Wildman–Crippen LogP) is 5.48. The van der Waals surface area contributed by atoms with Crippen molar-refractivity contribution in [1.29, 1.82) is 0 Å². The number of para-hydroxylation sites is 1. The number of nitrogens with zero attached hydrogens (tertiary/aromatic N) is 1. The van der Waals surface area contributed by atoms with E-state index in [1.54, 1.807) is 0 Å². The summed E-state index contributed by atoms with van der Waals surface area (Å²) in [5.41, 5.74) is 4.50. The molecular formula is C23H31N3O. The fraction of sp³-hybridized carbons (Fsp3) is 0.435.